The summed E-state index contributed by atoms with van der Waals surface area (Å²) in [5.74, 6) is 1.08. The summed E-state index contributed by atoms with van der Waals surface area (Å²) in [6.45, 7) is 5.37. The molecular formula is C24H27N7O2. The molecule has 0 aliphatic rings. The van der Waals surface area contributed by atoms with Gasteiger partial charge in [0.15, 0.2) is 0 Å². The fraction of sp³-hybridized carbons (Fsp3) is 0.250. The number of benzene rings is 1. The topological polar surface area (TPSA) is 113 Å². The van der Waals surface area contributed by atoms with E-state index in [1.807, 2.05) is 49.0 Å². The van der Waals surface area contributed by atoms with Gasteiger partial charge in [0, 0.05) is 36.4 Å². The number of nitrogens with two attached hydrogens (primary N) is 1. The zero-order valence-electron chi connectivity index (χ0n) is 18.9. The van der Waals surface area contributed by atoms with E-state index in [4.69, 9.17) is 10.5 Å². The van der Waals surface area contributed by atoms with Gasteiger partial charge in [-0.3, -0.25) is 14.2 Å². The number of nitrogens with zero attached hydrogens (tertiary/aromatic N) is 5. The Bertz CT molecular complexity index is 1240. The number of aryl methyl sites for hydroxylation is 2. The number of aromatic nitrogens is 5. The predicted octanol–water partition coefficient (Wildman–Crippen LogP) is 2.71. The first-order valence-electron chi connectivity index (χ1n) is 10.6. The lowest BCUT2D eigenvalue weighted by molar-refractivity contribution is 0.0950. The molecule has 0 saturated heterocycles. The highest BCUT2D eigenvalue weighted by Gasteiger charge is 2.12. The lowest BCUT2D eigenvalue weighted by Gasteiger charge is -2.11. The van der Waals surface area contributed by atoms with Crippen LogP contribution in [0, 0.1) is 13.8 Å². The normalized spacial score (nSPS) is 10.9. The van der Waals surface area contributed by atoms with Gasteiger partial charge >= 0.3 is 0 Å². The molecule has 1 aromatic carbocycles. The summed E-state index contributed by atoms with van der Waals surface area (Å²) >= 11 is 0. The maximum atomic E-state index is 12.6. The van der Waals surface area contributed by atoms with E-state index < -0.39 is 0 Å². The summed E-state index contributed by atoms with van der Waals surface area (Å²) in [6.07, 6.45) is 6.97. The Morgan fingerprint density at radius 1 is 1.15 bits per heavy atom. The number of methoxy groups -OCH3 is 1. The average molecular weight is 446 g/mol. The first-order valence-corrected chi connectivity index (χ1v) is 10.6. The van der Waals surface area contributed by atoms with Crippen molar-refractivity contribution in [3.05, 3.63) is 88.6 Å². The summed E-state index contributed by atoms with van der Waals surface area (Å²) in [4.78, 5) is 16.9. The molecule has 4 aromatic rings. The number of amides is 1. The summed E-state index contributed by atoms with van der Waals surface area (Å²) in [7, 11) is 1.65. The Hall–Kier alpha value is -4.14. The molecule has 1 amide bonds. The molecule has 3 aromatic heterocycles. The number of nitrogens with one attached hydrogen (secondary N) is 1. The smallest absolute Gasteiger partial charge is 0.254 e. The monoisotopic (exact) mass is 445 g/mol. The van der Waals surface area contributed by atoms with Crippen molar-refractivity contribution in [1.82, 2.24) is 29.9 Å². The second-order valence-corrected chi connectivity index (χ2v) is 7.89. The van der Waals surface area contributed by atoms with Gasteiger partial charge in [-0.25, -0.2) is 4.98 Å². The van der Waals surface area contributed by atoms with Crippen LogP contribution in [0.4, 0.5) is 5.82 Å². The minimum atomic E-state index is -0.191. The van der Waals surface area contributed by atoms with Gasteiger partial charge in [0.1, 0.15) is 11.6 Å². The lowest BCUT2D eigenvalue weighted by atomic mass is 10.1. The quantitative estimate of drug-likeness (QED) is 0.431. The predicted molar refractivity (Wildman–Crippen MR) is 125 cm³/mol. The number of hydrogen-bond acceptors (Lipinski definition) is 6. The molecule has 0 fully saturated rings. The fourth-order valence-electron chi connectivity index (χ4n) is 3.77. The summed E-state index contributed by atoms with van der Waals surface area (Å²) < 4.78 is 9.15. The molecule has 3 N–H and O–H groups in total. The Balaban J connectivity index is 1.40. The zero-order chi connectivity index (χ0) is 23.4. The van der Waals surface area contributed by atoms with Gasteiger partial charge in [0.25, 0.3) is 5.91 Å². The van der Waals surface area contributed by atoms with Crippen LogP contribution in [0.3, 0.4) is 0 Å². The summed E-state index contributed by atoms with van der Waals surface area (Å²) in [6, 6.07) is 9.74. The van der Waals surface area contributed by atoms with Crippen LogP contribution in [0.25, 0.3) is 0 Å². The van der Waals surface area contributed by atoms with Crippen molar-refractivity contribution in [2.75, 3.05) is 12.8 Å². The number of ether oxygens (including phenoxy) is 1. The van der Waals surface area contributed by atoms with Crippen molar-refractivity contribution in [2.24, 2.45) is 0 Å². The van der Waals surface area contributed by atoms with E-state index in [2.05, 4.69) is 20.5 Å². The van der Waals surface area contributed by atoms with Crippen LogP contribution in [-0.4, -0.2) is 37.6 Å². The highest BCUT2D eigenvalue weighted by Crippen LogP contribution is 2.22. The largest absolute Gasteiger partial charge is 0.496 e. The van der Waals surface area contributed by atoms with Crippen LogP contribution in [-0.2, 0) is 19.6 Å². The van der Waals surface area contributed by atoms with Gasteiger partial charge in [-0.2, -0.15) is 10.2 Å². The molecule has 0 atom stereocenters. The number of carbonyl (C=O) groups is 1. The molecule has 0 bridgehead atoms. The molecule has 0 radical (unpaired) electrons. The zero-order valence-corrected chi connectivity index (χ0v) is 18.9. The van der Waals surface area contributed by atoms with E-state index in [-0.39, 0.29) is 5.91 Å². The molecular weight excluding hydrogens is 418 g/mol. The first-order chi connectivity index (χ1) is 15.9. The standard InChI is InChI=1S/C24H27N7O2/c1-16-9-23(25)29-17(2)21(16)12-26-24(32)20-11-28-31(15-20)13-18-5-6-19(22(10-18)33-3)14-30-8-4-7-27-30/h4-11,15H,12-14H2,1-3H3,(H2,25,29)(H,26,32). The molecule has 0 unspecified atom stereocenters. The van der Waals surface area contributed by atoms with Gasteiger partial charge in [0.2, 0.25) is 0 Å². The number of pyridine rings is 1. The molecule has 0 aliphatic heterocycles. The SMILES string of the molecule is COc1cc(Cn2cc(C(=O)NCc3c(C)cc(N)nc3C)cn2)ccc1Cn1cccn1. The van der Waals surface area contributed by atoms with Crippen molar-refractivity contribution in [1.29, 1.82) is 0 Å². The van der Waals surface area contributed by atoms with Crippen LogP contribution in [0.5, 0.6) is 5.75 Å². The minimum Gasteiger partial charge on any atom is -0.496 e. The van der Waals surface area contributed by atoms with Gasteiger partial charge < -0.3 is 15.8 Å². The van der Waals surface area contributed by atoms with Crippen molar-refractivity contribution < 1.29 is 9.53 Å². The van der Waals surface area contributed by atoms with Crippen LogP contribution >= 0.6 is 0 Å². The molecule has 0 aliphatic carbocycles. The van der Waals surface area contributed by atoms with Crippen LogP contribution in [0.2, 0.25) is 0 Å². The maximum Gasteiger partial charge on any atom is 0.254 e. The molecule has 0 saturated carbocycles. The molecule has 3 heterocycles. The van der Waals surface area contributed by atoms with Crippen LogP contribution in [0.15, 0.2) is 55.1 Å². The van der Waals surface area contributed by atoms with Gasteiger partial charge in [0.05, 0.1) is 32.0 Å². The molecule has 9 nitrogen and oxygen atoms in total. The number of anilines is 1. The summed E-state index contributed by atoms with van der Waals surface area (Å²) in [5.41, 5.74) is 11.1. The third-order valence-electron chi connectivity index (χ3n) is 5.48. The molecule has 9 heteroatoms. The Kier molecular flexibility index (Phi) is 6.39. The fourth-order valence-corrected chi connectivity index (χ4v) is 3.77. The molecule has 4 rings (SSSR count). The highest BCUT2D eigenvalue weighted by atomic mass is 16.5. The number of carbonyl (C=O) groups excluding carboxylic acids is 1. The Morgan fingerprint density at radius 3 is 2.73 bits per heavy atom. The molecule has 170 valence electrons. The van der Waals surface area contributed by atoms with Crippen molar-refractivity contribution in [2.45, 2.75) is 33.5 Å². The second-order valence-electron chi connectivity index (χ2n) is 7.89. The van der Waals surface area contributed by atoms with E-state index in [0.717, 1.165) is 33.7 Å². The van der Waals surface area contributed by atoms with Crippen molar-refractivity contribution >= 4 is 11.7 Å². The van der Waals surface area contributed by atoms with Crippen LogP contribution < -0.4 is 15.8 Å². The molecule has 0 spiro atoms. The number of hydrogen-bond donors (Lipinski definition) is 2. The molecule has 33 heavy (non-hydrogen) atoms. The average Bonchev–Trinajstić information content (AvgIpc) is 3.46. The van der Waals surface area contributed by atoms with E-state index in [0.29, 0.717) is 31.0 Å². The lowest BCUT2D eigenvalue weighted by Crippen LogP contribution is -2.23. The van der Waals surface area contributed by atoms with Crippen molar-refractivity contribution in [3.8, 4) is 5.75 Å². The minimum absolute atomic E-state index is 0.191. The van der Waals surface area contributed by atoms with Crippen LogP contribution in [0.1, 0.15) is 38.3 Å². The third kappa shape index (κ3) is 5.20. The van der Waals surface area contributed by atoms with Crippen molar-refractivity contribution in [3.63, 3.8) is 0 Å². The van der Waals surface area contributed by atoms with E-state index in [9.17, 15) is 4.79 Å². The van der Waals surface area contributed by atoms with E-state index >= 15 is 0 Å². The maximum absolute atomic E-state index is 12.6. The third-order valence-corrected chi connectivity index (χ3v) is 5.48. The van der Waals surface area contributed by atoms with Gasteiger partial charge in [-0.05, 0) is 48.7 Å². The number of rotatable bonds is 8. The van der Waals surface area contributed by atoms with E-state index in [1.54, 1.807) is 36.4 Å². The number of nitrogen functional groups attached to an aromatic ring is 1. The van der Waals surface area contributed by atoms with Gasteiger partial charge in [-0.15, -0.1) is 0 Å². The Labute approximate surface area is 192 Å². The second kappa shape index (κ2) is 9.56. The van der Waals surface area contributed by atoms with E-state index in [1.165, 1.54) is 0 Å². The Morgan fingerprint density at radius 2 is 2.00 bits per heavy atom. The summed E-state index contributed by atoms with van der Waals surface area (Å²) in [5, 5.41) is 11.5. The first kappa shape index (κ1) is 22.1. The highest BCUT2D eigenvalue weighted by molar-refractivity contribution is 5.93. The van der Waals surface area contributed by atoms with Gasteiger partial charge in [-0.1, -0.05) is 12.1 Å².